The van der Waals surface area contributed by atoms with Crippen molar-refractivity contribution in [1.82, 2.24) is 19.5 Å². The molecule has 1 aliphatic heterocycles. The highest BCUT2D eigenvalue weighted by Crippen LogP contribution is 2.53. The van der Waals surface area contributed by atoms with Crippen molar-refractivity contribution in [2.75, 3.05) is 12.4 Å². The van der Waals surface area contributed by atoms with Gasteiger partial charge in [0.2, 0.25) is 0 Å². The van der Waals surface area contributed by atoms with E-state index in [-0.39, 0.29) is 6.42 Å². The SMILES string of the molecule is CCC(CC)(CC1O[C@@H](n2cnc3c(NC)ncnc32)[C@H](O)[C@@H]1O)OP(=O)(O)C(C)C. The molecule has 0 aromatic carbocycles. The van der Waals surface area contributed by atoms with Gasteiger partial charge in [-0.05, 0) is 12.8 Å². The highest BCUT2D eigenvalue weighted by Gasteiger charge is 2.49. The van der Waals surface area contributed by atoms with E-state index in [1.54, 1.807) is 25.5 Å². The predicted octanol–water partition coefficient (Wildman–Crippen LogP) is 2.05. The lowest BCUT2D eigenvalue weighted by Crippen LogP contribution is -2.40. The summed E-state index contributed by atoms with van der Waals surface area (Å²) < 4.78 is 25.9. The monoisotopic (exact) mass is 457 g/mol. The number of nitrogens with one attached hydrogen (secondary N) is 1. The topological polar surface area (TPSA) is 152 Å². The summed E-state index contributed by atoms with van der Waals surface area (Å²) in [5.41, 5.74) is -0.579. The smallest absolute Gasteiger partial charge is 0.331 e. The third kappa shape index (κ3) is 4.48. The number of nitrogens with zero attached hydrogens (tertiary/aromatic N) is 4. The first kappa shape index (κ1) is 24.0. The number of aromatic nitrogens is 4. The van der Waals surface area contributed by atoms with Gasteiger partial charge >= 0.3 is 7.60 Å². The molecule has 1 fully saturated rings. The van der Waals surface area contributed by atoms with Crippen LogP contribution in [0.5, 0.6) is 0 Å². The van der Waals surface area contributed by atoms with Crippen LogP contribution >= 0.6 is 7.60 Å². The van der Waals surface area contributed by atoms with Gasteiger partial charge in [0, 0.05) is 13.5 Å². The molecule has 0 saturated carbocycles. The van der Waals surface area contributed by atoms with E-state index < -0.39 is 43.4 Å². The fraction of sp³-hybridized carbons (Fsp3) is 0.737. The van der Waals surface area contributed by atoms with Crippen LogP contribution in [0.1, 0.15) is 53.2 Å². The Bertz CT molecular complexity index is 949. The van der Waals surface area contributed by atoms with Gasteiger partial charge in [0.1, 0.15) is 24.1 Å². The van der Waals surface area contributed by atoms with E-state index in [0.29, 0.717) is 29.8 Å². The summed E-state index contributed by atoms with van der Waals surface area (Å²) >= 11 is 0. The number of aliphatic hydroxyl groups is 2. The Labute approximate surface area is 181 Å². The standard InChI is InChI=1S/C19H32N5O6P/c1-6-19(7-2,30-31(27,28)11(3)4)8-12-14(25)15(26)18(29-12)24-10-23-13-16(20-5)21-9-22-17(13)24/h9-12,14-15,18,25-26H,6-8H2,1-5H3,(H,27,28)(H,20,21,22)/t12?,14-,15-,18-/m1/s1. The Hall–Kier alpha value is -1.62. The molecule has 2 unspecified atom stereocenters. The molecule has 3 rings (SSSR count). The normalized spacial score (nSPS) is 26.5. The summed E-state index contributed by atoms with van der Waals surface area (Å²) in [5.74, 6) is 0.533. The van der Waals surface area contributed by atoms with Crippen molar-refractivity contribution in [1.29, 1.82) is 0 Å². The number of ether oxygens (including phenoxy) is 1. The second kappa shape index (κ2) is 9.09. The summed E-state index contributed by atoms with van der Waals surface area (Å²) in [6.07, 6.45) is -0.305. The summed E-state index contributed by atoms with van der Waals surface area (Å²) in [6, 6.07) is 0. The molecule has 3 heterocycles. The van der Waals surface area contributed by atoms with Crippen LogP contribution < -0.4 is 5.32 Å². The van der Waals surface area contributed by atoms with Gasteiger partial charge in [-0.2, -0.15) is 0 Å². The van der Waals surface area contributed by atoms with Gasteiger partial charge in [0.25, 0.3) is 0 Å². The minimum absolute atomic E-state index is 0.148. The lowest BCUT2D eigenvalue weighted by Gasteiger charge is -2.37. The highest BCUT2D eigenvalue weighted by molar-refractivity contribution is 7.53. The lowest BCUT2D eigenvalue weighted by molar-refractivity contribution is -0.0712. The van der Waals surface area contributed by atoms with Crippen molar-refractivity contribution in [2.45, 2.75) is 82.8 Å². The van der Waals surface area contributed by atoms with Crippen LogP contribution in [0.2, 0.25) is 0 Å². The van der Waals surface area contributed by atoms with Gasteiger partial charge in [-0.3, -0.25) is 9.13 Å². The van der Waals surface area contributed by atoms with Crippen LogP contribution in [-0.4, -0.2) is 71.2 Å². The summed E-state index contributed by atoms with van der Waals surface area (Å²) in [5, 5.41) is 24.4. The first-order valence-electron chi connectivity index (χ1n) is 10.5. The molecular weight excluding hydrogens is 425 g/mol. The summed E-state index contributed by atoms with van der Waals surface area (Å²) in [7, 11) is -2.14. The molecule has 1 saturated heterocycles. The molecule has 174 valence electrons. The Morgan fingerprint density at radius 1 is 1.26 bits per heavy atom. The highest BCUT2D eigenvalue weighted by atomic mass is 31.2. The van der Waals surface area contributed by atoms with Gasteiger partial charge in [-0.15, -0.1) is 0 Å². The molecule has 0 spiro atoms. The number of rotatable bonds is 9. The van der Waals surface area contributed by atoms with E-state index in [0.717, 1.165) is 0 Å². The molecule has 0 bridgehead atoms. The molecule has 0 amide bonds. The van der Waals surface area contributed by atoms with Crippen molar-refractivity contribution >= 4 is 24.6 Å². The molecule has 2 aromatic heterocycles. The maximum absolute atomic E-state index is 12.6. The number of hydrogen-bond donors (Lipinski definition) is 4. The average molecular weight is 457 g/mol. The van der Waals surface area contributed by atoms with Crippen molar-refractivity contribution < 1.29 is 28.9 Å². The Morgan fingerprint density at radius 3 is 2.52 bits per heavy atom. The fourth-order valence-electron chi connectivity index (χ4n) is 3.80. The molecule has 0 radical (unpaired) electrons. The number of hydrogen-bond acceptors (Lipinski definition) is 9. The predicted molar refractivity (Wildman–Crippen MR) is 115 cm³/mol. The molecule has 1 aliphatic rings. The molecule has 31 heavy (non-hydrogen) atoms. The Kier molecular flexibility index (Phi) is 7.05. The first-order valence-corrected chi connectivity index (χ1v) is 12.1. The minimum atomic E-state index is -3.85. The van der Waals surface area contributed by atoms with Crippen molar-refractivity contribution in [3.63, 3.8) is 0 Å². The van der Waals surface area contributed by atoms with Crippen LogP contribution in [0, 0.1) is 0 Å². The molecule has 12 heteroatoms. The van der Waals surface area contributed by atoms with Gasteiger partial charge in [0.15, 0.2) is 17.7 Å². The maximum Gasteiger partial charge on any atom is 0.331 e. The average Bonchev–Trinajstić information content (AvgIpc) is 3.29. The van der Waals surface area contributed by atoms with Crippen LogP contribution in [-0.2, 0) is 13.8 Å². The van der Waals surface area contributed by atoms with Gasteiger partial charge in [-0.25, -0.2) is 15.0 Å². The van der Waals surface area contributed by atoms with Crippen molar-refractivity contribution in [3.05, 3.63) is 12.7 Å². The number of anilines is 1. The summed E-state index contributed by atoms with van der Waals surface area (Å²) in [4.78, 5) is 23.0. The molecule has 11 nitrogen and oxygen atoms in total. The Morgan fingerprint density at radius 2 is 1.94 bits per heavy atom. The third-order valence-corrected chi connectivity index (χ3v) is 8.00. The fourth-order valence-corrected chi connectivity index (χ4v) is 4.90. The van der Waals surface area contributed by atoms with Crippen LogP contribution in [0.4, 0.5) is 5.82 Å². The van der Waals surface area contributed by atoms with Crippen LogP contribution in [0.25, 0.3) is 11.2 Å². The molecule has 4 N–H and O–H groups in total. The second-order valence-corrected chi connectivity index (χ2v) is 10.5. The van der Waals surface area contributed by atoms with E-state index in [2.05, 4.69) is 20.3 Å². The molecular formula is C19H32N5O6P. The third-order valence-electron chi connectivity index (χ3n) is 6.05. The Balaban J connectivity index is 1.87. The van der Waals surface area contributed by atoms with E-state index in [4.69, 9.17) is 9.26 Å². The van der Waals surface area contributed by atoms with Crippen LogP contribution in [0.3, 0.4) is 0 Å². The molecule has 0 aliphatic carbocycles. The zero-order valence-electron chi connectivity index (χ0n) is 18.5. The number of imidazole rings is 1. The quantitative estimate of drug-likeness (QED) is 0.412. The van der Waals surface area contributed by atoms with E-state index in [1.807, 2.05) is 13.8 Å². The largest absolute Gasteiger partial charge is 0.388 e. The van der Waals surface area contributed by atoms with E-state index in [9.17, 15) is 19.7 Å². The number of aliphatic hydroxyl groups excluding tert-OH is 2. The zero-order valence-corrected chi connectivity index (χ0v) is 19.4. The first-order chi connectivity index (χ1) is 14.6. The maximum atomic E-state index is 12.6. The molecule has 2 aromatic rings. The second-order valence-electron chi connectivity index (χ2n) is 8.19. The van der Waals surface area contributed by atoms with Crippen molar-refractivity contribution in [2.24, 2.45) is 0 Å². The minimum Gasteiger partial charge on any atom is -0.388 e. The number of fused-ring (bicyclic) bond motifs is 1. The zero-order chi connectivity index (χ0) is 23.0. The lowest BCUT2D eigenvalue weighted by atomic mass is 9.88. The van der Waals surface area contributed by atoms with Gasteiger partial charge in [0.05, 0.1) is 23.7 Å². The van der Waals surface area contributed by atoms with Crippen molar-refractivity contribution in [3.8, 4) is 0 Å². The molecule has 5 atom stereocenters. The van der Waals surface area contributed by atoms with E-state index in [1.165, 1.54) is 12.7 Å². The van der Waals surface area contributed by atoms with Crippen LogP contribution in [0.15, 0.2) is 12.7 Å². The summed E-state index contributed by atoms with van der Waals surface area (Å²) in [6.45, 7) is 6.98. The van der Waals surface area contributed by atoms with Gasteiger partial charge < -0.3 is 29.7 Å². The van der Waals surface area contributed by atoms with E-state index >= 15 is 0 Å². The van der Waals surface area contributed by atoms with Gasteiger partial charge in [-0.1, -0.05) is 27.7 Å².